The number of carbonyl (C=O) groups is 2. The molecule has 1 N–H and O–H groups in total. The summed E-state index contributed by atoms with van der Waals surface area (Å²) >= 11 is 0. The summed E-state index contributed by atoms with van der Waals surface area (Å²) in [5.74, 6) is -0.971. The Balaban J connectivity index is 2.25. The van der Waals surface area contributed by atoms with Gasteiger partial charge in [-0.15, -0.1) is 0 Å². The molecule has 0 aromatic heterocycles. The minimum absolute atomic E-state index is 0.109. The number of ether oxygens (including phenoxy) is 1. The molecule has 1 aromatic rings. The fourth-order valence-electron chi connectivity index (χ4n) is 2.19. The summed E-state index contributed by atoms with van der Waals surface area (Å²) in [7, 11) is 0. The van der Waals surface area contributed by atoms with Gasteiger partial charge in [-0.2, -0.15) is 0 Å². The van der Waals surface area contributed by atoms with E-state index in [1.54, 1.807) is 12.1 Å². The van der Waals surface area contributed by atoms with Crippen LogP contribution in [0.1, 0.15) is 13.8 Å². The first kappa shape index (κ1) is 14.1. The Morgan fingerprint density at radius 1 is 1.25 bits per heavy atom. The van der Waals surface area contributed by atoms with Crippen LogP contribution in [-0.4, -0.2) is 36.5 Å². The summed E-state index contributed by atoms with van der Waals surface area (Å²) in [6.07, 6.45) is 0. The number of nitrogens with one attached hydrogen (secondary N) is 1. The average molecular weight is 274 g/mol. The van der Waals surface area contributed by atoms with Gasteiger partial charge in [-0.1, -0.05) is 18.2 Å². The Bertz CT molecular complexity index is 533. The molecular weight excluding hydrogens is 256 g/mol. The predicted octanol–water partition coefficient (Wildman–Crippen LogP) is 1.78. The van der Waals surface area contributed by atoms with Gasteiger partial charge in [-0.25, -0.2) is 4.79 Å². The highest BCUT2D eigenvalue weighted by Crippen LogP contribution is 2.21. The van der Waals surface area contributed by atoms with Crippen LogP contribution in [-0.2, 0) is 14.3 Å². The first-order valence-corrected chi connectivity index (χ1v) is 6.69. The van der Waals surface area contributed by atoms with Crippen LogP contribution in [0.5, 0.6) is 0 Å². The number of nitrogens with zero attached hydrogens (tertiary/aromatic N) is 1. The molecule has 5 heteroatoms. The molecule has 1 amide bonds. The molecule has 20 heavy (non-hydrogen) atoms. The van der Waals surface area contributed by atoms with Gasteiger partial charge in [0.05, 0.1) is 5.70 Å². The van der Waals surface area contributed by atoms with E-state index >= 15 is 0 Å². The van der Waals surface area contributed by atoms with Crippen molar-refractivity contribution in [3.8, 4) is 0 Å². The molecule has 0 atom stereocenters. The third-order valence-electron chi connectivity index (χ3n) is 3.24. The van der Waals surface area contributed by atoms with Crippen LogP contribution in [0.2, 0.25) is 0 Å². The molecule has 1 aliphatic rings. The van der Waals surface area contributed by atoms with Gasteiger partial charge in [0, 0.05) is 18.8 Å². The molecule has 0 bridgehead atoms. The number of hydrogen-bond acceptors (Lipinski definition) is 4. The van der Waals surface area contributed by atoms with E-state index in [-0.39, 0.29) is 12.2 Å². The summed E-state index contributed by atoms with van der Waals surface area (Å²) < 4.78 is 5.01. The topological polar surface area (TPSA) is 58.6 Å². The second kappa shape index (κ2) is 6.23. The fourth-order valence-corrected chi connectivity index (χ4v) is 2.19. The molecule has 106 valence electrons. The van der Waals surface area contributed by atoms with E-state index in [1.165, 1.54) is 0 Å². The maximum absolute atomic E-state index is 12.3. The van der Waals surface area contributed by atoms with Crippen molar-refractivity contribution in [2.45, 2.75) is 13.8 Å². The van der Waals surface area contributed by atoms with Crippen LogP contribution in [0.15, 0.2) is 41.6 Å². The van der Waals surface area contributed by atoms with E-state index in [4.69, 9.17) is 4.74 Å². The number of para-hydroxylation sites is 1. The van der Waals surface area contributed by atoms with Crippen molar-refractivity contribution in [1.29, 1.82) is 0 Å². The second-order valence-corrected chi connectivity index (χ2v) is 4.39. The highest BCUT2D eigenvalue weighted by atomic mass is 16.5. The van der Waals surface area contributed by atoms with E-state index in [1.807, 2.05) is 36.9 Å². The minimum Gasteiger partial charge on any atom is -0.455 e. The van der Waals surface area contributed by atoms with Crippen molar-refractivity contribution in [2.75, 3.05) is 25.0 Å². The molecule has 2 rings (SSSR count). The summed E-state index contributed by atoms with van der Waals surface area (Å²) in [5.41, 5.74) is 1.43. The molecule has 0 saturated heterocycles. The SMILES string of the molecule is CCN(CC)C1=C(C(=O)Nc2ccccc2)C(=O)OC1. The van der Waals surface area contributed by atoms with Crippen LogP contribution >= 0.6 is 0 Å². The lowest BCUT2D eigenvalue weighted by atomic mass is 10.2. The Labute approximate surface area is 118 Å². The van der Waals surface area contributed by atoms with Crippen LogP contribution < -0.4 is 5.32 Å². The highest BCUT2D eigenvalue weighted by molar-refractivity contribution is 6.22. The summed E-state index contributed by atoms with van der Waals surface area (Å²) in [5, 5.41) is 2.72. The number of rotatable bonds is 5. The Morgan fingerprint density at radius 2 is 1.90 bits per heavy atom. The molecular formula is C15H18N2O3. The first-order valence-electron chi connectivity index (χ1n) is 6.69. The van der Waals surface area contributed by atoms with Crippen molar-refractivity contribution in [3.63, 3.8) is 0 Å². The van der Waals surface area contributed by atoms with Gasteiger partial charge >= 0.3 is 5.97 Å². The number of cyclic esters (lactones) is 1. The normalized spacial score (nSPS) is 14.2. The lowest BCUT2D eigenvalue weighted by molar-refractivity contribution is -0.137. The van der Waals surface area contributed by atoms with Gasteiger partial charge in [0.25, 0.3) is 5.91 Å². The van der Waals surface area contributed by atoms with Crippen LogP contribution in [0.3, 0.4) is 0 Å². The maximum Gasteiger partial charge on any atom is 0.346 e. The number of likely N-dealkylation sites (N-methyl/N-ethyl adjacent to an activating group) is 1. The Morgan fingerprint density at radius 3 is 2.50 bits per heavy atom. The zero-order valence-corrected chi connectivity index (χ0v) is 11.7. The van der Waals surface area contributed by atoms with Crippen molar-refractivity contribution in [3.05, 3.63) is 41.6 Å². The number of esters is 1. The third kappa shape index (κ3) is 2.82. The molecule has 1 aromatic carbocycles. The van der Waals surface area contributed by atoms with Crippen molar-refractivity contribution >= 4 is 17.6 Å². The highest BCUT2D eigenvalue weighted by Gasteiger charge is 2.33. The van der Waals surface area contributed by atoms with E-state index in [0.717, 1.165) is 13.1 Å². The quantitative estimate of drug-likeness (QED) is 0.657. The van der Waals surface area contributed by atoms with Gasteiger partial charge < -0.3 is 15.0 Å². The number of amides is 1. The van der Waals surface area contributed by atoms with Gasteiger partial charge in [-0.3, -0.25) is 4.79 Å². The monoisotopic (exact) mass is 274 g/mol. The van der Waals surface area contributed by atoms with E-state index in [2.05, 4.69) is 5.32 Å². The maximum atomic E-state index is 12.3. The van der Waals surface area contributed by atoms with Crippen molar-refractivity contribution in [2.24, 2.45) is 0 Å². The molecule has 1 aliphatic heterocycles. The van der Waals surface area contributed by atoms with Crippen LogP contribution in [0.4, 0.5) is 5.69 Å². The molecule has 0 aliphatic carbocycles. The predicted molar refractivity (Wildman–Crippen MR) is 76.0 cm³/mol. The van der Waals surface area contributed by atoms with Gasteiger partial charge in [-0.05, 0) is 26.0 Å². The smallest absolute Gasteiger partial charge is 0.346 e. The number of carbonyl (C=O) groups excluding carboxylic acids is 2. The van der Waals surface area contributed by atoms with Gasteiger partial charge in [0.2, 0.25) is 0 Å². The lowest BCUT2D eigenvalue weighted by Crippen LogP contribution is -2.27. The lowest BCUT2D eigenvalue weighted by Gasteiger charge is -2.21. The first-order chi connectivity index (χ1) is 9.67. The van der Waals surface area contributed by atoms with E-state index < -0.39 is 11.9 Å². The zero-order valence-electron chi connectivity index (χ0n) is 11.7. The fraction of sp³-hybridized carbons (Fsp3) is 0.333. The van der Waals surface area contributed by atoms with Gasteiger partial charge in [0.15, 0.2) is 0 Å². The molecule has 0 saturated carbocycles. The Kier molecular flexibility index (Phi) is 4.40. The molecule has 0 radical (unpaired) electrons. The summed E-state index contributed by atoms with van der Waals surface area (Å²) in [6.45, 7) is 5.57. The third-order valence-corrected chi connectivity index (χ3v) is 3.24. The molecule has 0 spiro atoms. The summed E-state index contributed by atoms with van der Waals surface area (Å²) in [6, 6.07) is 9.05. The standard InChI is InChI=1S/C15H18N2O3/c1-3-17(4-2)12-10-20-15(19)13(12)14(18)16-11-8-6-5-7-9-11/h5-9H,3-4,10H2,1-2H3,(H,16,18). The number of anilines is 1. The zero-order chi connectivity index (χ0) is 14.5. The minimum atomic E-state index is -0.555. The summed E-state index contributed by atoms with van der Waals surface area (Å²) in [4.78, 5) is 26.0. The number of benzene rings is 1. The molecule has 0 fully saturated rings. The average Bonchev–Trinajstić information content (AvgIpc) is 2.83. The second-order valence-electron chi connectivity index (χ2n) is 4.39. The van der Waals surface area contributed by atoms with Gasteiger partial charge in [0.1, 0.15) is 12.2 Å². The van der Waals surface area contributed by atoms with Crippen LogP contribution in [0, 0.1) is 0 Å². The van der Waals surface area contributed by atoms with Crippen molar-refractivity contribution < 1.29 is 14.3 Å². The van der Waals surface area contributed by atoms with E-state index in [0.29, 0.717) is 11.4 Å². The number of hydrogen-bond donors (Lipinski definition) is 1. The largest absolute Gasteiger partial charge is 0.455 e. The Hall–Kier alpha value is -2.30. The molecule has 5 nitrogen and oxygen atoms in total. The van der Waals surface area contributed by atoms with E-state index in [9.17, 15) is 9.59 Å². The molecule has 1 heterocycles. The molecule has 0 unspecified atom stereocenters. The van der Waals surface area contributed by atoms with Crippen LogP contribution in [0.25, 0.3) is 0 Å². The van der Waals surface area contributed by atoms with Crippen molar-refractivity contribution in [1.82, 2.24) is 4.90 Å².